The van der Waals surface area contributed by atoms with E-state index in [-0.39, 0.29) is 18.3 Å². The minimum atomic E-state index is -2.56. The van der Waals surface area contributed by atoms with Crippen molar-refractivity contribution in [2.75, 3.05) is 18.6 Å². The molecule has 96 valence electrons. The maximum absolute atomic E-state index is 12.0. The molecule has 0 fully saturated rings. The fourth-order valence-corrected chi connectivity index (χ4v) is 1.03. The van der Waals surface area contributed by atoms with E-state index in [1.54, 1.807) is 0 Å². The second-order valence-corrected chi connectivity index (χ2v) is 2.99. The molecule has 6 nitrogen and oxygen atoms in total. The van der Waals surface area contributed by atoms with Gasteiger partial charge in [0.15, 0.2) is 12.4 Å². The van der Waals surface area contributed by atoms with Crippen LogP contribution in [-0.4, -0.2) is 29.6 Å². The molecule has 0 unspecified atom stereocenters. The number of anilines is 1. The van der Waals surface area contributed by atoms with Gasteiger partial charge in [0.1, 0.15) is 12.4 Å². The Hall–Kier alpha value is -1.54. The molecular formula is C9H14F2N4O2. The molecule has 1 heterocycles. The van der Waals surface area contributed by atoms with Crippen LogP contribution >= 0.6 is 0 Å². The molecule has 0 saturated heterocycles. The van der Waals surface area contributed by atoms with Crippen molar-refractivity contribution in [3.05, 3.63) is 11.9 Å². The van der Waals surface area contributed by atoms with Gasteiger partial charge in [-0.3, -0.25) is 0 Å². The van der Waals surface area contributed by atoms with E-state index in [0.29, 0.717) is 12.4 Å². The number of nitrogens with zero attached hydrogens (tertiary/aromatic N) is 2. The third kappa shape index (κ3) is 4.87. The van der Waals surface area contributed by atoms with Gasteiger partial charge in [-0.2, -0.15) is 4.98 Å². The molecule has 1 aromatic rings. The van der Waals surface area contributed by atoms with Crippen LogP contribution in [-0.2, 0) is 11.3 Å². The van der Waals surface area contributed by atoms with Gasteiger partial charge in [0.2, 0.25) is 5.88 Å². The maximum atomic E-state index is 12.0. The lowest BCUT2D eigenvalue weighted by atomic mass is 10.5. The molecule has 0 atom stereocenters. The molecule has 0 aliphatic carbocycles. The highest BCUT2D eigenvalue weighted by molar-refractivity contribution is 5.36. The Bertz CT molecular complexity index is 352. The Morgan fingerprint density at radius 2 is 2.24 bits per heavy atom. The average Bonchev–Trinajstić information content (AvgIpc) is 2.33. The van der Waals surface area contributed by atoms with E-state index in [2.05, 4.69) is 15.4 Å². The number of hydrazine groups is 1. The summed E-state index contributed by atoms with van der Waals surface area (Å²) in [6.45, 7) is 1.75. The van der Waals surface area contributed by atoms with Crippen molar-refractivity contribution in [1.82, 2.24) is 9.97 Å². The zero-order valence-corrected chi connectivity index (χ0v) is 9.32. The second-order valence-electron chi connectivity index (χ2n) is 2.99. The molecule has 0 saturated carbocycles. The van der Waals surface area contributed by atoms with Gasteiger partial charge in [-0.05, 0) is 6.92 Å². The molecule has 17 heavy (non-hydrogen) atoms. The van der Waals surface area contributed by atoms with Gasteiger partial charge in [0.05, 0.1) is 0 Å². The van der Waals surface area contributed by atoms with E-state index in [1.165, 1.54) is 6.07 Å². The van der Waals surface area contributed by atoms with E-state index >= 15 is 0 Å². The zero-order chi connectivity index (χ0) is 12.7. The van der Waals surface area contributed by atoms with Gasteiger partial charge < -0.3 is 14.9 Å². The highest BCUT2D eigenvalue weighted by Gasteiger charge is 2.08. The van der Waals surface area contributed by atoms with E-state index < -0.39 is 13.0 Å². The molecule has 1 aromatic heterocycles. The number of ether oxygens (including phenoxy) is 2. The third-order valence-corrected chi connectivity index (χ3v) is 1.69. The van der Waals surface area contributed by atoms with Crippen molar-refractivity contribution in [3.63, 3.8) is 0 Å². The topological polar surface area (TPSA) is 82.3 Å². The van der Waals surface area contributed by atoms with Crippen molar-refractivity contribution < 1.29 is 18.3 Å². The Kier molecular flexibility index (Phi) is 5.50. The van der Waals surface area contributed by atoms with Crippen molar-refractivity contribution >= 4 is 5.82 Å². The molecule has 1 rings (SSSR count). The first-order valence-electron chi connectivity index (χ1n) is 4.99. The number of nitrogens with one attached hydrogen (secondary N) is 1. The van der Waals surface area contributed by atoms with Crippen LogP contribution in [0, 0.1) is 0 Å². The predicted octanol–water partition coefficient (Wildman–Crippen LogP) is 0.943. The molecule has 0 aliphatic rings. The number of aromatic nitrogens is 2. The summed E-state index contributed by atoms with van der Waals surface area (Å²) in [5.74, 6) is 5.81. The van der Waals surface area contributed by atoms with Crippen molar-refractivity contribution in [1.29, 1.82) is 0 Å². The lowest BCUT2D eigenvalue weighted by molar-refractivity contribution is 0.0786. The van der Waals surface area contributed by atoms with Gasteiger partial charge in [-0.25, -0.2) is 19.6 Å². The molecule has 0 bridgehead atoms. The quantitative estimate of drug-likeness (QED) is 0.552. The van der Waals surface area contributed by atoms with Crippen LogP contribution in [0.25, 0.3) is 0 Å². The van der Waals surface area contributed by atoms with Crippen LogP contribution < -0.4 is 16.0 Å². The van der Waals surface area contributed by atoms with E-state index in [9.17, 15) is 8.78 Å². The minimum absolute atomic E-state index is 0.0305. The molecule has 3 N–H and O–H groups in total. The zero-order valence-electron chi connectivity index (χ0n) is 9.32. The normalized spacial score (nSPS) is 10.6. The summed E-state index contributed by atoms with van der Waals surface area (Å²) in [5, 5.41) is 0. The SMILES string of the molecule is CCOCc1nc(NN)cc(OCC(F)F)n1. The lowest BCUT2D eigenvalue weighted by Crippen LogP contribution is -2.13. The second kappa shape index (κ2) is 6.92. The highest BCUT2D eigenvalue weighted by Crippen LogP contribution is 2.14. The fourth-order valence-electron chi connectivity index (χ4n) is 1.03. The summed E-state index contributed by atoms with van der Waals surface area (Å²) >= 11 is 0. The number of hydrogen-bond donors (Lipinski definition) is 2. The van der Waals surface area contributed by atoms with Gasteiger partial charge >= 0.3 is 0 Å². The van der Waals surface area contributed by atoms with Crippen LogP contribution in [0.2, 0.25) is 0 Å². The first kappa shape index (κ1) is 13.5. The van der Waals surface area contributed by atoms with E-state index in [0.717, 1.165) is 0 Å². The Morgan fingerprint density at radius 3 is 2.82 bits per heavy atom. The standard InChI is InChI=1S/C9H14F2N4O2/c1-2-16-5-8-13-7(15-12)3-9(14-8)17-4-6(10)11/h3,6H,2,4-5,12H2,1H3,(H,13,14,15). The lowest BCUT2D eigenvalue weighted by Gasteiger charge is -2.08. The number of halogens is 2. The van der Waals surface area contributed by atoms with Crippen molar-refractivity contribution in [3.8, 4) is 5.88 Å². The number of nitrogen functional groups attached to an aromatic ring is 1. The Balaban J connectivity index is 2.73. The van der Waals surface area contributed by atoms with Gasteiger partial charge in [-0.15, -0.1) is 0 Å². The van der Waals surface area contributed by atoms with E-state index in [1.807, 2.05) is 6.92 Å². The summed E-state index contributed by atoms with van der Waals surface area (Å²) in [6, 6.07) is 1.33. The number of alkyl halides is 2. The van der Waals surface area contributed by atoms with Crippen molar-refractivity contribution in [2.24, 2.45) is 5.84 Å². The minimum Gasteiger partial charge on any atom is -0.471 e. The first-order chi connectivity index (χ1) is 8.15. The number of nitrogens with two attached hydrogens (primary N) is 1. The summed E-state index contributed by atoms with van der Waals surface area (Å²) in [7, 11) is 0. The molecule has 0 radical (unpaired) electrons. The largest absolute Gasteiger partial charge is 0.471 e. The first-order valence-corrected chi connectivity index (χ1v) is 4.99. The number of rotatable bonds is 7. The third-order valence-electron chi connectivity index (χ3n) is 1.69. The molecule has 0 aliphatic heterocycles. The fraction of sp³-hybridized carbons (Fsp3) is 0.556. The summed E-state index contributed by atoms with van der Waals surface area (Å²) in [4.78, 5) is 7.88. The van der Waals surface area contributed by atoms with Crippen LogP contribution in [0.3, 0.4) is 0 Å². The smallest absolute Gasteiger partial charge is 0.272 e. The Labute approximate surface area is 97.1 Å². The molecule has 0 amide bonds. The predicted molar refractivity (Wildman–Crippen MR) is 56.7 cm³/mol. The number of hydrogen-bond acceptors (Lipinski definition) is 6. The van der Waals surface area contributed by atoms with Gasteiger partial charge in [0.25, 0.3) is 6.43 Å². The molecule has 8 heteroatoms. The van der Waals surface area contributed by atoms with Crippen LogP contribution in [0.4, 0.5) is 14.6 Å². The molecule has 0 spiro atoms. The summed E-state index contributed by atoms with van der Waals surface area (Å²) < 4.78 is 33.8. The van der Waals surface area contributed by atoms with Crippen LogP contribution in [0.1, 0.15) is 12.7 Å². The summed E-state index contributed by atoms with van der Waals surface area (Å²) in [5.41, 5.74) is 2.30. The van der Waals surface area contributed by atoms with Gasteiger partial charge in [-0.1, -0.05) is 0 Å². The van der Waals surface area contributed by atoms with Crippen LogP contribution in [0.15, 0.2) is 6.07 Å². The van der Waals surface area contributed by atoms with E-state index in [4.69, 9.17) is 15.3 Å². The van der Waals surface area contributed by atoms with Crippen molar-refractivity contribution in [2.45, 2.75) is 20.0 Å². The Morgan fingerprint density at radius 1 is 1.47 bits per heavy atom. The highest BCUT2D eigenvalue weighted by atomic mass is 19.3. The molecule has 0 aromatic carbocycles. The summed E-state index contributed by atoms with van der Waals surface area (Å²) in [6.07, 6.45) is -2.56. The van der Waals surface area contributed by atoms with Gasteiger partial charge in [0, 0.05) is 12.7 Å². The average molecular weight is 248 g/mol. The van der Waals surface area contributed by atoms with Crippen LogP contribution in [0.5, 0.6) is 5.88 Å². The monoisotopic (exact) mass is 248 g/mol. The molecular weight excluding hydrogens is 234 g/mol. The maximum Gasteiger partial charge on any atom is 0.272 e.